The summed E-state index contributed by atoms with van der Waals surface area (Å²) in [4.78, 5) is 29.0. The van der Waals surface area contributed by atoms with E-state index in [1.807, 2.05) is 33.8 Å². The van der Waals surface area contributed by atoms with Crippen LogP contribution >= 0.6 is 0 Å². The van der Waals surface area contributed by atoms with Gasteiger partial charge in [0.1, 0.15) is 5.56 Å². The number of esters is 1. The molecule has 0 radical (unpaired) electrons. The van der Waals surface area contributed by atoms with E-state index in [0.717, 1.165) is 16.7 Å². The zero-order valence-electron chi connectivity index (χ0n) is 21.1. The van der Waals surface area contributed by atoms with Gasteiger partial charge in [-0.05, 0) is 63.8 Å². The summed E-state index contributed by atoms with van der Waals surface area (Å²) in [6, 6.07) is 4.87. The fourth-order valence-corrected chi connectivity index (χ4v) is 4.52. The first-order valence-corrected chi connectivity index (χ1v) is 12.0. The number of nitro groups is 1. The minimum Gasteiger partial charge on any atom is -0.475 e. The summed E-state index contributed by atoms with van der Waals surface area (Å²) in [6.07, 6.45) is 3.74. The third kappa shape index (κ3) is 4.81. The molecule has 0 amide bonds. The van der Waals surface area contributed by atoms with E-state index >= 15 is 0 Å². The topological polar surface area (TPSA) is 119 Å². The zero-order chi connectivity index (χ0) is 26.0. The van der Waals surface area contributed by atoms with Crippen LogP contribution in [0.3, 0.4) is 0 Å². The normalized spacial score (nSPS) is 15.3. The molecule has 0 spiro atoms. The minimum absolute atomic E-state index is 0.0652. The van der Waals surface area contributed by atoms with Gasteiger partial charge < -0.3 is 14.2 Å². The second-order valence-corrected chi connectivity index (χ2v) is 8.99. The highest BCUT2D eigenvalue weighted by molar-refractivity contribution is 5.98. The lowest BCUT2D eigenvalue weighted by molar-refractivity contribution is -0.384. The van der Waals surface area contributed by atoms with Crippen LogP contribution in [0.15, 0.2) is 30.6 Å². The van der Waals surface area contributed by atoms with Gasteiger partial charge in [0, 0.05) is 24.4 Å². The molecule has 1 saturated heterocycles. The van der Waals surface area contributed by atoms with Gasteiger partial charge in [-0.3, -0.25) is 14.8 Å². The van der Waals surface area contributed by atoms with E-state index in [2.05, 4.69) is 10.1 Å². The number of hydrogen-bond donors (Lipinski definition) is 0. The second-order valence-electron chi connectivity index (χ2n) is 8.99. The third-order valence-corrected chi connectivity index (χ3v) is 6.09. The number of pyridine rings is 1. The van der Waals surface area contributed by atoms with E-state index in [1.54, 1.807) is 23.9 Å². The van der Waals surface area contributed by atoms with Crippen molar-refractivity contribution >= 4 is 11.7 Å². The van der Waals surface area contributed by atoms with Gasteiger partial charge in [-0.1, -0.05) is 6.07 Å². The number of benzene rings is 1. The lowest BCUT2D eigenvalue weighted by Gasteiger charge is -2.17. The van der Waals surface area contributed by atoms with Crippen molar-refractivity contribution in [1.82, 2.24) is 14.8 Å². The van der Waals surface area contributed by atoms with Gasteiger partial charge in [-0.15, -0.1) is 0 Å². The van der Waals surface area contributed by atoms with Crippen molar-refractivity contribution in [3.63, 3.8) is 0 Å². The summed E-state index contributed by atoms with van der Waals surface area (Å²) in [5, 5.41) is 16.7. The summed E-state index contributed by atoms with van der Waals surface area (Å²) in [5.74, 6) is -0.0893. The molecule has 190 valence electrons. The molecule has 1 unspecified atom stereocenters. The Bertz CT molecular complexity index is 1290. The van der Waals surface area contributed by atoms with Crippen LogP contribution < -0.4 is 4.74 Å². The molecule has 1 aliphatic heterocycles. The third-order valence-electron chi connectivity index (χ3n) is 6.09. The van der Waals surface area contributed by atoms with Crippen LogP contribution in [0, 0.1) is 24.0 Å². The van der Waals surface area contributed by atoms with Crippen LogP contribution in [0.1, 0.15) is 54.7 Å². The summed E-state index contributed by atoms with van der Waals surface area (Å²) in [6.45, 7) is 10.5. The summed E-state index contributed by atoms with van der Waals surface area (Å²) in [7, 11) is 0. The first kappa shape index (κ1) is 25.3. The maximum Gasteiger partial charge on any atom is 0.341 e. The molecule has 0 aliphatic carbocycles. The number of carbonyl (C=O) groups excluding carboxylic acids is 1. The summed E-state index contributed by atoms with van der Waals surface area (Å²) >= 11 is 0. The zero-order valence-corrected chi connectivity index (χ0v) is 21.1. The minimum atomic E-state index is -0.577. The van der Waals surface area contributed by atoms with E-state index in [1.165, 1.54) is 12.3 Å². The first-order chi connectivity index (χ1) is 17.2. The quantitative estimate of drug-likeness (QED) is 0.242. The number of nitro benzene ring substituents is 1. The van der Waals surface area contributed by atoms with Crippen molar-refractivity contribution in [2.75, 3.05) is 19.8 Å². The highest BCUT2D eigenvalue weighted by atomic mass is 16.6. The van der Waals surface area contributed by atoms with Gasteiger partial charge in [0.05, 0.1) is 47.7 Å². The molecule has 0 bridgehead atoms. The lowest BCUT2D eigenvalue weighted by atomic mass is 9.94. The Morgan fingerprint density at radius 1 is 1.31 bits per heavy atom. The molecule has 36 heavy (non-hydrogen) atoms. The van der Waals surface area contributed by atoms with Gasteiger partial charge in [0.2, 0.25) is 5.88 Å². The molecule has 0 saturated carbocycles. The average Bonchev–Trinajstić information content (AvgIpc) is 3.51. The van der Waals surface area contributed by atoms with Crippen molar-refractivity contribution < 1.29 is 23.9 Å². The maximum absolute atomic E-state index is 12.8. The largest absolute Gasteiger partial charge is 0.475 e. The Kier molecular flexibility index (Phi) is 7.35. The molecule has 1 aliphatic rings. The van der Waals surface area contributed by atoms with E-state index in [4.69, 9.17) is 14.2 Å². The van der Waals surface area contributed by atoms with E-state index in [0.29, 0.717) is 42.3 Å². The molecule has 3 heterocycles. The van der Waals surface area contributed by atoms with Crippen LogP contribution in [0.4, 0.5) is 5.69 Å². The number of nitrogens with zero attached hydrogens (tertiary/aromatic N) is 4. The molecular weight excluding hydrogens is 464 g/mol. The van der Waals surface area contributed by atoms with Gasteiger partial charge in [0.15, 0.2) is 0 Å². The first-order valence-electron chi connectivity index (χ1n) is 12.0. The highest BCUT2D eigenvalue weighted by Gasteiger charge is 2.31. The predicted molar refractivity (Wildman–Crippen MR) is 133 cm³/mol. The summed E-state index contributed by atoms with van der Waals surface area (Å²) < 4.78 is 18.2. The molecule has 4 rings (SSSR count). The Hall–Kier alpha value is -3.79. The number of rotatable bonds is 8. The van der Waals surface area contributed by atoms with Crippen LogP contribution in [-0.4, -0.2) is 51.6 Å². The monoisotopic (exact) mass is 494 g/mol. The molecule has 1 aromatic carbocycles. The number of hydrogen-bond acceptors (Lipinski definition) is 8. The van der Waals surface area contributed by atoms with Crippen LogP contribution in [0.25, 0.3) is 22.4 Å². The van der Waals surface area contributed by atoms with Crippen molar-refractivity contribution in [2.45, 2.75) is 53.2 Å². The fraction of sp³-hybridized carbons (Fsp3) is 0.423. The lowest BCUT2D eigenvalue weighted by Crippen LogP contribution is -2.14. The maximum atomic E-state index is 12.8. The Morgan fingerprint density at radius 2 is 2.08 bits per heavy atom. The number of ether oxygens (including phenoxy) is 3. The highest BCUT2D eigenvalue weighted by Crippen LogP contribution is 2.40. The van der Waals surface area contributed by atoms with Crippen LogP contribution in [0.2, 0.25) is 0 Å². The van der Waals surface area contributed by atoms with E-state index < -0.39 is 10.9 Å². The van der Waals surface area contributed by atoms with Crippen molar-refractivity contribution in [1.29, 1.82) is 0 Å². The van der Waals surface area contributed by atoms with Gasteiger partial charge in [-0.25, -0.2) is 9.78 Å². The standard InChI is InChI=1S/C26H30N4O6/c1-6-35-26(31)21-13-28-29(19-9-10-34-14-19)24(21)20-8-7-18(11-22(20)30(32)33)23-16(4)12-27-25(17(23)5)36-15(2)3/h7-8,11-13,15,19H,6,9-10,14H2,1-5H3. The van der Waals surface area contributed by atoms with Gasteiger partial charge >= 0.3 is 5.97 Å². The SMILES string of the molecule is CCOC(=O)c1cnn(C2CCOC2)c1-c1ccc(-c2c(C)cnc(OC(C)C)c2C)cc1[N+](=O)[O-]. The molecule has 0 N–H and O–H groups in total. The summed E-state index contributed by atoms with van der Waals surface area (Å²) in [5.41, 5.74) is 3.83. The van der Waals surface area contributed by atoms with E-state index in [9.17, 15) is 14.9 Å². The Labute approximate surface area is 209 Å². The number of aromatic nitrogens is 3. The average molecular weight is 495 g/mol. The molecule has 2 aromatic heterocycles. The molecule has 3 aromatic rings. The number of carbonyl (C=O) groups is 1. The van der Waals surface area contributed by atoms with Crippen molar-refractivity contribution in [3.05, 3.63) is 57.4 Å². The van der Waals surface area contributed by atoms with Crippen molar-refractivity contribution in [2.24, 2.45) is 0 Å². The molecule has 1 fully saturated rings. The molecular formula is C26H30N4O6. The van der Waals surface area contributed by atoms with Gasteiger partial charge in [-0.2, -0.15) is 5.10 Å². The second kappa shape index (κ2) is 10.4. The molecule has 10 heteroatoms. The van der Waals surface area contributed by atoms with Crippen molar-refractivity contribution in [3.8, 4) is 28.3 Å². The Morgan fingerprint density at radius 3 is 2.72 bits per heavy atom. The van der Waals surface area contributed by atoms with Crippen LogP contribution in [-0.2, 0) is 9.47 Å². The Balaban J connectivity index is 1.90. The smallest absolute Gasteiger partial charge is 0.341 e. The van der Waals surface area contributed by atoms with Crippen LogP contribution in [0.5, 0.6) is 5.88 Å². The van der Waals surface area contributed by atoms with E-state index in [-0.39, 0.29) is 30.0 Å². The fourth-order valence-electron chi connectivity index (χ4n) is 4.52. The molecule has 10 nitrogen and oxygen atoms in total. The van der Waals surface area contributed by atoms with Gasteiger partial charge in [0.25, 0.3) is 5.69 Å². The molecule has 1 atom stereocenters. The number of aryl methyl sites for hydroxylation is 1. The predicted octanol–water partition coefficient (Wildman–Crippen LogP) is 5.06.